The van der Waals surface area contributed by atoms with Gasteiger partial charge >= 0.3 is 5.69 Å². The summed E-state index contributed by atoms with van der Waals surface area (Å²) in [6.45, 7) is 3.17. The summed E-state index contributed by atoms with van der Waals surface area (Å²) in [6, 6.07) is 14.3. The average Bonchev–Trinajstić information content (AvgIpc) is 2.89. The lowest BCUT2D eigenvalue weighted by Gasteiger charge is -2.36. The number of nitrogens with zero attached hydrogens (tertiary/aromatic N) is 6. The zero-order chi connectivity index (χ0) is 24.4. The topological polar surface area (TPSA) is 78.6 Å². The maximum atomic E-state index is 14.2. The Morgan fingerprint density at radius 3 is 2.17 bits per heavy atom. The van der Waals surface area contributed by atoms with Crippen molar-refractivity contribution in [2.75, 3.05) is 54.0 Å². The van der Waals surface area contributed by atoms with Crippen LogP contribution in [0.2, 0.25) is 5.02 Å². The summed E-state index contributed by atoms with van der Waals surface area (Å²) in [5.74, 6) is 0.357. The molecule has 2 aliphatic rings. The zero-order valence-electron chi connectivity index (χ0n) is 19.0. The first-order valence-corrected chi connectivity index (χ1v) is 11.8. The first-order valence-electron chi connectivity index (χ1n) is 11.4. The Morgan fingerprint density at radius 2 is 1.54 bits per heavy atom. The molecule has 0 aliphatic carbocycles. The van der Waals surface area contributed by atoms with Gasteiger partial charge in [-0.1, -0.05) is 41.9 Å². The molecular formula is C25H24ClFN6O2. The van der Waals surface area contributed by atoms with Crippen molar-refractivity contribution < 1.29 is 9.31 Å². The van der Waals surface area contributed by atoms with Gasteiger partial charge in [0.2, 0.25) is 11.6 Å². The molecule has 10 heteroatoms. The largest absolute Gasteiger partial charge is 0.366 e. The number of para-hydroxylation sites is 1. The van der Waals surface area contributed by atoms with Crippen LogP contribution >= 0.6 is 11.6 Å². The molecule has 0 unspecified atom stereocenters. The Hall–Kier alpha value is -3.72. The Bertz CT molecular complexity index is 1260. The molecule has 2 aromatic carbocycles. The summed E-state index contributed by atoms with van der Waals surface area (Å²) in [4.78, 5) is 26.1. The van der Waals surface area contributed by atoms with E-state index < -0.39 is 4.92 Å². The summed E-state index contributed by atoms with van der Waals surface area (Å²) >= 11 is 6.00. The lowest BCUT2D eigenvalue weighted by molar-refractivity contribution is -0.383. The van der Waals surface area contributed by atoms with Crippen LogP contribution < -0.4 is 14.7 Å². The SMILES string of the molecule is O=[N+]([O-])c1c(N2CC=C(c3ccc(Cl)cc3)CC2)ncnc1N1CCN(c2ccccc2F)CC1. The van der Waals surface area contributed by atoms with Gasteiger partial charge < -0.3 is 14.7 Å². The van der Waals surface area contributed by atoms with Gasteiger partial charge in [0.25, 0.3) is 0 Å². The third-order valence-corrected chi connectivity index (χ3v) is 6.71. The first-order chi connectivity index (χ1) is 17.0. The second-order valence-electron chi connectivity index (χ2n) is 8.48. The minimum Gasteiger partial charge on any atom is -0.366 e. The number of aromatic nitrogens is 2. The van der Waals surface area contributed by atoms with Gasteiger partial charge in [-0.25, -0.2) is 14.4 Å². The maximum Gasteiger partial charge on any atom is 0.353 e. The Morgan fingerprint density at radius 1 is 0.886 bits per heavy atom. The molecular weight excluding hydrogens is 471 g/mol. The van der Waals surface area contributed by atoms with Crippen LogP contribution in [-0.2, 0) is 0 Å². The summed E-state index contributed by atoms with van der Waals surface area (Å²) < 4.78 is 14.2. The monoisotopic (exact) mass is 494 g/mol. The number of anilines is 3. The van der Waals surface area contributed by atoms with Crippen molar-refractivity contribution in [3.63, 3.8) is 0 Å². The smallest absolute Gasteiger partial charge is 0.353 e. The molecule has 0 saturated carbocycles. The van der Waals surface area contributed by atoms with Crippen molar-refractivity contribution in [1.29, 1.82) is 0 Å². The molecule has 3 aromatic rings. The fourth-order valence-electron chi connectivity index (χ4n) is 4.64. The van der Waals surface area contributed by atoms with Gasteiger partial charge in [-0.3, -0.25) is 10.1 Å². The molecule has 1 saturated heterocycles. The predicted molar refractivity (Wildman–Crippen MR) is 136 cm³/mol. The molecule has 0 radical (unpaired) electrons. The Kier molecular flexibility index (Phi) is 6.50. The summed E-state index contributed by atoms with van der Waals surface area (Å²) in [6.07, 6.45) is 4.20. The molecule has 2 aliphatic heterocycles. The standard InChI is InChI=1S/C25H24ClFN6O2/c26-20-7-5-18(6-8-20)19-9-11-31(12-10-19)24-23(33(34)35)25(29-17-28-24)32-15-13-30(14-16-32)22-4-2-1-3-21(22)27/h1-9,17H,10-16H2. The number of rotatable bonds is 5. The number of hydrogen-bond donors (Lipinski definition) is 0. The van der Waals surface area contributed by atoms with Crippen LogP contribution in [-0.4, -0.2) is 54.2 Å². The van der Waals surface area contributed by atoms with E-state index in [-0.39, 0.29) is 11.5 Å². The van der Waals surface area contributed by atoms with Crippen molar-refractivity contribution in [3.8, 4) is 0 Å². The zero-order valence-corrected chi connectivity index (χ0v) is 19.7. The molecule has 180 valence electrons. The van der Waals surface area contributed by atoms with E-state index in [9.17, 15) is 14.5 Å². The van der Waals surface area contributed by atoms with Gasteiger partial charge in [0.05, 0.1) is 10.6 Å². The van der Waals surface area contributed by atoms with Crippen molar-refractivity contribution in [2.45, 2.75) is 6.42 Å². The van der Waals surface area contributed by atoms with Crippen LogP contribution in [0.25, 0.3) is 5.57 Å². The molecule has 1 fully saturated rings. The highest BCUT2D eigenvalue weighted by atomic mass is 35.5. The first kappa shape index (κ1) is 23.0. The Labute approximate surface area is 207 Å². The normalized spacial score (nSPS) is 16.3. The number of piperazine rings is 1. The van der Waals surface area contributed by atoms with E-state index in [4.69, 9.17) is 11.6 Å². The predicted octanol–water partition coefficient (Wildman–Crippen LogP) is 4.80. The number of benzene rings is 2. The van der Waals surface area contributed by atoms with E-state index >= 15 is 0 Å². The minimum atomic E-state index is -0.396. The fourth-order valence-corrected chi connectivity index (χ4v) is 4.77. The van der Waals surface area contributed by atoms with Crippen LogP contribution in [0.15, 0.2) is 60.9 Å². The number of hydrogen-bond acceptors (Lipinski definition) is 7. The highest BCUT2D eigenvalue weighted by Crippen LogP contribution is 2.37. The molecule has 8 nitrogen and oxygen atoms in total. The number of nitro groups is 1. The summed E-state index contributed by atoms with van der Waals surface area (Å²) in [5.41, 5.74) is 2.73. The molecule has 0 bridgehead atoms. The van der Waals surface area contributed by atoms with Crippen LogP contribution in [0, 0.1) is 15.9 Å². The second-order valence-corrected chi connectivity index (χ2v) is 8.92. The van der Waals surface area contributed by atoms with E-state index in [1.807, 2.05) is 39.0 Å². The van der Waals surface area contributed by atoms with Gasteiger partial charge in [-0.2, -0.15) is 0 Å². The van der Waals surface area contributed by atoms with Gasteiger partial charge in [0, 0.05) is 44.3 Å². The molecule has 1 aromatic heterocycles. The van der Waals surface area contributed by atoms with E-state index in [0.29, 0.717) is 61.6 Å². The van der Waals surface area contributed by atoms with Crippen LogP contribution in [0.4, 0.5) is 27.4 Å². The third-order valence-electron chi connectivity index (χ3n) is 6.46. The number of halogens is 2. The lowest BCUT2D eigenvalue weighted by atomic mass is 9.99. The average molecular weight is 495 g/mol. The molecule has 3 heterocycles. The van der Waals surface area contributed by atoms with E-state index in [1.165, 1.54) is 18.0 Å². The maximum absolute atomic E-state index is 14.2. The van der Waals surface area contributed by atoms with Crippen LogP contribution in [0.3, 0.4) is 0 Å². The van der Waals surface area contributed by atoms with E-state index in [0.717, 1.165) is 12.0 Å². The van der Waals surface area contributed by atoms with Gasteiger partial charge in [-0.15, -0.1) is 0 Å². The molecule has 5 rings (SSSR count). The van der Waals surface area contributed by atoms with Gasteiger partial charge in [-0.05, 0) is 41.8 Å². The third kappa shape index (κ3) is 4.77. The Balaban J connectivity index is 1.35. The van der Waals surface area contributed by atoms with Gasteiger partial charge in [0.1, 0.15) is 12.1 Å². The van der Waals surface area contributed by atoms with E-state index in [2.05, 4.69) is 16.0 Å². The summed E-state index contributed by atoms with van der Waals surface area (Å²) in [7, 11) is 0. The van der Waals surface area contributed by atoms with Crippen LogP contribution in [0.5, 0.6) is 0 Å². The van der Waals surface area contributed by atoms with Crippen molar-refractivity contribution in [3.05, 3.63) is 87.5 Å². The molecule has 35 heavy (non-hydrogen) atoms. The molecule has 0 atom stereocenters. The quantitative estimate of drug-likeness (QED) is 0.372. The van der Waals surface area contributed by atoms with Crippen molar-refractivity contribution >= 4 is 40.2 Å². The molecule has 0 N–H and O–H groups in total. The van der Waals surface area contributed by atoms with E-state index in [1.54, 1.807) is 18.2 Å². The fraction of sp³-hybridized carbons (Fsp3) is 0.280. The highest BCUT2D eigenvalue weighted by molar-refractivity contribution is 6.30. The second kappa shape index (κ2) is 9.87. The van der Waals surface area contributed by atoms with Gasteiger partial charge in [0.15, 0.2) is 0 Å². The molecule has 0 amide bonds. The summed E-state index contributed by atoms with van der Waals surface area (Å²) in [5, 5.41) is 12.8. The molecule has 0 spiro atoms. The van der Waals surface area contributed by atoms with Crippen molar-refractivity contribution in [1.82, 2.24) is 9.97 Å². The minimum absolute atomic E-state index is 0.0878. The highest BCUT2D eigenvalue weighted by Gasteiger charge is 2.32. The van der Waals surface area contributed by atoms with Crippen LogP contribution in [0.1, 0.15) is 12.0 Å². The lowest BCUT2D eigenvalue weighted by Crippen LogP contribution is -2.47. The van der Waals surface area contributed by atoms with Crippen molar-refractivity contribution in [2.24, 2.45) is 0 Å².